The molecule has 13 heavy (non-hydrogen) atoms. The number of carboxylic acids is 1. The van der Waals surface area contributed by atoms with Crippen molar-refractivity contribution in [1.82, 2.24) is 0 Å². The van der Waals surface area contributed by atoms with Crippen LogP contribution in [0.3, 0.4) is 0 Å². The maximum absolute atomic E-state index is 10.6. The molecule has 0 heterocycles. The minimum Gasteiger partial charge on any atom is -0.473 e. The topological polar surface area (TPSA) is 63.6 Å². The molecule has 0 bridgehead atoms. The Morgan fingerprint density at radius 3 is 2.54 bits per heavy atom. The van der Waals surface area contributed by atoms with Crippen LogP contribution in [-0.4, -0.2) is 23.1 Å². The fraction of sp³-hybridized carbons (Fsp3) is 0.556. The number of ether oxygens (including phenoxy) is 1. The number of aliphatic carboxylic acids is 1. The smallest absolute Gasteiger partial charge is 0.417 e. The molecule has 0 fully saturated rings. The molecule has 0 rings (SSSR count). The van der Waals surface area contributed by atoms with E-state index < -0.39 is 18.0 Å². The zero-order valence-corrected chi connectivity index (χ0v) is 7.66. The van der Waals surface area contributed by atoms with Gasteiger partial charge in [0.05, 0.1) is 0 Å². The highest BCUT2D eigenvalue weighted by Gasteiger charge is 2.17. The molecule has 4 nitrogen and oxygen atoms in total. The lowest BCUT2D eigenvalue weighted by Crippen LogP contribution is -2.23. The van der Waals surface area contributed by atoms with Gasteiger partial charge in [0.1, 0.15) is 6.10 Å². The molecule has 0 aromatic rings. The van der Waals surface area contributed by atoms with Gasteiger partial charge in [-0.2, -0.15) is 0 Å². The van der Waals surface area contributed by atoms with E-state index in [2.05, 4.69) is 16.6 Å². The van der Waals surface area contributed by atoms with E-state index in [0.717, 1.165) is 0 Å². The van der Waals surface area contributed by atoms with Gasteiger partial charge < -0.3 is 9.84 Å². The molecule has 0 aliphatic rings. The summed E-state index contributed by atoms with van der Waals surface area (Å²) in [6.07, 6.45) is 0.524. The molecule has 4 heteroatoms. The Morgan fingerprint density at radius 2 is 2.15 bits per heavy atom. The van der Waals surface area contributed by atoms with Crippen LogP contribution in [0.4, 0.5) is 0 Å². The van der Waals surface area contributed by atoms with Crippen molar-refractivity contribution in [1.29, 1.82) is 0 Å². The Balaban J connectivity index is 4.02. The molecule has 1 atom stereocenters. The third kappa shape index (κ3) is 4.86. The first-order chi connectivity index (χ1) is 6.11. The van der Waals surface area contributed by atoms with E-state index >= 15 is 0 Å². The summed E-state index contributed by atoms with van der Waals surface area (Å²) in [7, 11) is 0. The summed E-state index contributed by atoms with van der Waals surface area (Å²) in [4.78, 5) is 20.7. The second kappa shape index (κ2) is 6.06. The average molecular weight is 184 g/mol. The number of carbonyl (C=O) groups is 2. The van der Waals surface area contributed by atoms with Gasteiger partial charge in [0.2, 0.25) is 0 Å². The van der Waals surface area contributed by atoms with Crippen LogP contribution in [-0.2, 0) is 14.3 Å². The molecule has 1 unspecified atom stereocenters. The molecular formula is C9H12O4. The summed E-state index contributed by atoms with van der Waals surface area (Å²) in [5.74, 6) is 2.59. The van der Waals surface area contributed by atoms with Crippen LogP contribution in [0.1, 0.15) is 26.7 Å². The van der Waals surface area contributed by atoms with Gasteiger partial charge in [0.15, 0.2) is 0 Å². The molecule has 0 saturated heterocycles. The minimum atomic E-state index is -1.57. The van der Waals surface area contributed by atoms with Crippen molar-refractivity contribution in [3.05, 3.63) is 0 Å². The van der Waals surface area contributed by atoms with Crippen LogP contribution in [0.25, 0.3) is 0 Å². The van der Waals surface area contributed by atoms with Gasteiger partial charge in [-0.1, -0.05) is 12.8 Å². The first-order valence-electron chi connectivity index (χ1n) is 3.95. The molecule has 1 N–H and O–H groups in total. The SMILES string of the molecule is CC#CCC(CC)OC(=O)C(=O)O. The highest BCUT2D eigenvalue weighted by molar-refractivity contribution is 6.28. The van der Waals surface area contributed by atoms with Gasteiger partial charge in [-0.15, -0.1) is 5.92 Å². The normalized spacial score (nSPS) is 10.9. The Kier molecular flexibility index (Phi) is 5.37. The maximum atomic E-state index is 10.6. The average Bonchev–Trinajstić information content (AvgIpc) is 2.11. The lowest BCUT2D eigenvalue weighted by atomic mass is 10.2. The summed E-state index contributed by atoms with van der Waals surface area (Å²) in [6.45, 7) is 3.48. The van der Waals surface area contributed by atoms with E-state index in [0.29, 0.717) is 12.8 Å². The van der Waals surface area contributed by atoms with Crippen LogP contribution in [0.5, 0.6) is 0 Å². The van der Waals surface area contributed by atoms with Crippen molar-refractivity contribution < 1.29 is 19.4 Å². The van der Waals surface area contributed by atoms with Crippen molar-refractivity contribution in [2.24, 2.45) is 0 Å². The first-order valence-corrected chi connectivity index (χ1v) is 3.95. The van der Waals surface area contributed by atoms with Crippen molar-refractivity contribution in [2.45, 2.75) is 32.8 Å². The maximum Gasteiger partial charge on any atom is 0.417 e. The van der Waals surface area contributed by atoms with E-state index in [4.69, 9.17) is 5.11 Å². The largest absolute Gasteiger partial charge is 0.473 e. The van der Waals surface area contributed by atoms with Crippen LogP contribution < -0.4 is 0 Å². The van der Waals surface area contributed by atoms with Crippen molar-refractivity contribution in [3.63, 3.8) is 0 Å². The molecule has 0 aliphatic carbocycles. The predicted octanol–water partition coefficient (Wildman–Crippen LogP) is 0.806. The van der Waals surface area contributed by atoms with Crippen LogP contribution in [0.2, 0.25) is 0 Å². The van der Waals surface area contributed by atoms with Crippen molar-refractivity contribution >= 4 is 11.9 Å². The molecule has 0 aliphatic heterocycles. The predicted molar refractivity (Wildman–Crippen MR) is 45.9 cm³/mol. The Labute approximate surface area is 76.9 Å². The molecule has 0 saturated carbocycles. The standard InChI is InChI=1S/C9H12O4/c1-3-5-6-7(4-2)13-9(12)8(10)11/h7H,4,6H2,1-2H3,(H,10,11). The summed E-state index contributed by atoms with van der Waals surface area (Å²) in [5, 5.41) is 8.24. The van der Waals surface area contributed by atoms with Crippen molar-refractivity contribution in [3.8, 4) is 11.8 Å². The number of carboxylic acid groups (broad SMARTS) is 1. The third-order valence-corrected chi connectivity index (χ3v) is 1.41. The van der Waals surface area contributed by atoms with E-state index in [1.165, 1.54) is 0 Å². The van der Waals surface area contributed by atoms with Gasteiger partial charge in [-0.25, -0.2) is 9.59 Å². The van der Waals surface area contributed by atoms with Crippen LogP contribution >= 0.6 is 0 Å². The summed E-state index contributed by atoms with van der Waals surface area (Å²) in [6, 6.07) is 0. The molecular weight excluding hydrogens is 172 g/mol. The summed E-state index contributed by atoms with van der Waals surface area (Å²) in [5.41, 5.74) is 0. The fourth-order valence-corrected chi connectivity index (χ4v) is 0.687. The summed E-state index contributed by atoms with van der Waals surface area (Å²) < 4.78 is 4.62. The fourth-order valence-electron chi connectivity index (χ4n) is 0.687. The van der Waals surface area contributed by atoms with Gasteiger partial charge in [0.25, 0.3) is 0 Å². The number of esters is 1. The minimum absolute atomic E-state index is 0.381. The lowest BCUT2D eigenvalue weighted by Gasteiger charge is -2.10. The quantitative estimate of drug-likeness (QED) is 0.400. The third-order valence-electron chi connectivity index (χ3n) is 1.41. The van der Waals surface area contributed by atoms with E-state index in [1.54, 1.807) is 13.8 Å². The van der Waals surface area contributed by atoms with Gasteiger partial charge in [-0.3, -0.25) is 0 Å². The number of rotatable bonds is 3. The van der Waals surface area contributed by atoms with Crippen molar-refractivity contribution in [2.75, 3.05) is 0 Å². The van der Waals surface area contributed by atoms with Gasteiger partial charge >= 0.3 is 11.9 Å². The lowest BCUT2D eigenvalue weighted by molar-refractivity contribution is -0.167. The molecule has 0 spiro atoms. The van der Waals surface area contributed by atoms with Crippen LogP contribution in [0, 0.1) is 11.8 Å². The number of hydrogen-bond acceptors (Lipinski definition) is 3. The monoisotopic (exact) mass is 184 g/mol. The Morgan fingerprint density at radius 1 is 1.54 bits per heavy atom. The second-order valence-electron chi connectivity index (χ2n) is 2.37. The first kappa shape index (κ1) is 11.5. The number of carbonyl (C=O) groups excluding carboxylic acids is 1. The molecule has 72 valence electrons. The zero-order chi connectivity index (χ0) is 10.3. The Hall–Kier alpha value is -1.50. The van der Waals surface area contributed by atoms with Crippen LogP contribution in [0.15, 0.2) is 0 Å². The summed E-state index contributed by atoms with van der Waals surface area (Å²) >= 11 is 0. The zero-order valence-electron chi connectivity index (χ0n) is 7.66. The second-order valence-corrected chi connectivity index (χ2v) is 2.37. The van der Waals surface area contributed by atoms with E-state index in [9.17, 15) is 9.59 Å². The molecule has 0 radical (unpaired) electrons. The van der Waals surface area contributed by atoms with E-state index in [-0.39, 0.29) is 0 Å². The molecule has 0 aromatic carbocycles. The highest BCUT2D eigenvalue weighted by atomic mass is 16.6. The Bertz CT molecular complexity index is 246. The van der Waals surface area contributed by atoms with E-state index in [1.807, 2.05) is 0 Å². The highest BCUT2D eigenvalue weighted by Crippen LogP contribution is 2.02. The molecule has 0 amide bonds. The van der Waals surface area contributed by atoms with Gasteiger partial charge in [0, 0.05) is 6.42 Å². The number of hydrogen-bond donors (Lipinski definition) is 1. The molecule has 0 aromatic heterocycles. The van der Waals surface area contributed by atoms with Gasteiger partial charge in [-0.05, 0) is 13.3 Å².